The van der Waals surface area contributed by atoms with Gasteiger partial charge >= 0.3 is 17.9 Å². The monoisotopic (exact) mass is 298 g/mol. The molecule has 0 rings (SSSR count). The van der Waals surface area contributed by atoms with Crippen LogP contribution >= 0.6 is 0 Å². The second-order valence-electron chi connectivity index (χ2n) is 3.68. The normalized spacial score (nSPS) is 9.76. The minimum absolute atomic E-state index is 0.190. The molecule has 6 heteroatoms. The average molecular weight is 298 g/mol. The highest BCUT2D eigenvalue weighted by molar-refractivity contribution is 5.89. The van der Waals surface area contributed by atoms with Crippen molar-refractivity contribution in [1.82, 2.24) is 0 Å². The van der Waals surface area contributed by atoms with Crippen molar-refractivity contribution in [1.29, 1.82) is 0 Å². The van der Waals surface area contributed by atoms with Crippen LogP contribution in [0.25, 0.3) is 0 Å². The Hall–Kier alpha value is -2.37. The molecule has 0 aliphatic rings. The van der Waals surface area contributed by atoms with E-state index in [9.17, 15) is 14.4 Å². The van der Waals surface area contributed by atoms with Gasteiger partial charge < -0.3 is 14.6 Å². The van der Waals surface area contributed by atoms with E-state index in [0.717, 1.165) is 6.08 Å². The summed E-state index contributed by atoms with van der Waals surface area (Å²) in [5, 5.41) is 8.52. The number of carbonyl (C=O) groups is 3. The maximum absolute atomic E-state index is 11.0. The zero-order chi connectivity index (χ0) is 16.8. The summed E-state index contributed by atoms with van der Waals surface area (Å²) in [6.07, 6.45) is 2.78. The summed E-state index contributed by atoms with van der Waals surface area (Å²) in [6, 6.07) is 0. The third-order valence-electron chi connectivity index (χ3n) is 2.01. The van der Waals surface area contributed by atoms with Gasteiger partial charge in [0.15, 0.2) is 0 Å². The summed E-state index contributed by atoms with van der Waals surface area (Å²) in [5.74, 6) is -1.84. The number of esters is 2. The van der Waals surface area contributed by atoms with Gasteiger partial charge in [0.05, 0.1) is 13.2 Å². The van der Waals surface area contributed by atoms with Crippen LogP contribution < -0.4 is 0 Å². The van der Waals surface area contributed by atoms with Crippen LogP contribution in [0.3, 0.4) is 0 Å². The van der Waals surface area contributed by atoms with Crippen molar-refractivity contribution in [2.24, 2.45) is 0 Å². The van der Waals surface area contributed by atoms with Crippen LogP contribution in [-0.2, 0) is 23.9 Å². The van der Waals surface area contributed by atoms with Crippen molar-refractivity contribution in [2.45, 2.75) is 27.2 Å². The highest BCUT2D eigenvalue weighted by Crippen LogP contribution is 2.05. The van der Waals surface area contributed by atoms with Gasteiger partial charge in [0, 0.05) is 17.2 Å². The van der Waals surface area contributed by atoms with Gasteiger partial charge in [-0.1, -0.05) is 19.2 Å². The molecule has 118 valence electrons. The molecule has 0 saturated heterocycles. The lowest BCUT2D eigenvalue weighted by atomic mass is 10.1. The number of hydrogen-bond acceptors (Lipinski definition) is 5. The first-order valence-corrected chi connectivity index (χ1v) is 6.34. The fourth-order valence-electron chi connectivity index (χ4n) is 0.881. The van der Waals surface area contributed by atoms with Gasteiger partial charge in [-0.3, -0.25) is 0 Å². The fourth-order valence-corrected chi connectivity index (χ4v) is 0.881. The zero-order valence-electron chi connectivity index (χ0n) is 12.7. The van der Waals surface area contributed by atoms with E-state index in [2.05, 4.69) is 22.6 Å². The van der Waals surface area contributed by atoms with Crippen LogP contribution in [0, 0.1) is 0 Å². The largest absolute Gasteiger partial charge is 0.478 e. The summed E-state index contributed by atoms with van der Waals surface area (Å²) >= 11 is 0. The molecular weight excluding hydrogens is 276 g/mol. The lowest BCUT2D eigenvalue weighted by molar-refractivity contribution is -0.139. The molecule has 0 fully saturated rings. The number of allylic oxidation sites excluding steroid dienone is 1. The van der Waals surface area contributed by atoms with E-state index in [4.69, 9.17) is 5.11 Å². The van der Waals surface area contributed by atoms with Gasteiger partial charge in [-0.25, -0.2) is 14.4 Å². The molecule has 0 aromatic carbocycles. The topological polar surface area (TPSA) is 89.9 Å². The number of aliphatic carboxylic acids is 1. The SMILES string of the molecule is C=C(CC=C(C)C(=O)O)C(=O)OCC.C=CC(=O)OCC. The molecule has 0 aliphatic heterocycles. The summed E-state index contributed by atoms with van der Waals surface area (Å²) in [5.41, 5.74) is 0.447. The van der Waals surface area contributed by atoms with Gasteiger partial charge in [0.25, 0.3) is 0 Å². The Balaban J connectivity index is 0. The van der Waals surface area contributed by atoms with E-state index in [1.807, 2.05) is 0 Å². The number of carboxylic acids is 1. The van der Waals surface area contributed by atoms with Crippen LogP contribution in [-0.4, -0.2) is 36.2 Å². The Bertz CT molecular complexity index is 420. The molecule has 0 spiro atoms. The summed E-state index contributed by atoms with van der Waals surface area (Å²) < 4.78 is 9.12. The Morgan fingerprint density at radius 2 is 1.67 bits per heavy atom. The highest BCUT2D eigenvalue weighted by Gasteiger charge is 2.07. The standard InChI is InChI=1S/C10H14O4.C5H8O2/c1-4-14-10(13)8(3)6-5-7(2)9(11)12;1-3-5(6)7-4-2/h5H,3-4,6H2,1-2H3,(H,11,12);3H,1,4H2,2H3. The summed E-state index contributed by atoms with van der Waals surface area (Å²) in [7, 11) is 0. The quantitative estimate of drug-likeness (QED) is 0.573. The van der Waals surface area contributed by atoms with Gasteiger partial charge in [-0.05, 0) is 27.2 Å². The van der Waals surface area contributed by atoms with Crippen molar-refractivity contribution in [3.63, 3.8) is 0 Å². The molecule has 0 saturated carbocycles. The van der Waals surface area contributed by atoms with E-state index in [-0.39, 0.29) is 23.5 Å². The molecule has 0 aromatic rings. The van der Waals surface area contributed by atoms with E-state index >= 15 is 0 Å². The maximum Gasteiger partial charge on any atom is 0.333 e. The van der Waals surface area contributed by atoms with Crippen LogP contribution in [0.2, 0.25) is 0 Å². The number of rotatable bonds is 7. The van der Waals surface area contributed by atoms with E-state index < -0.39 is 11.9 Å². The van der Waals surface area contributed by atoms with E-state index in [1.54, 1.807) is 13.8 Å². The van der Waals surface area contributed by atoms with Gasteiger partial charge in [0.1, 0.15) is 0 Å². The van der Waals surface area contributed by atoms with Gasteiger partial charge in [-0.15, -0.1) is 0 Å². The molecule has 0 heterocycles. The van der Waals surface area contributed by atoms with E-state index in [1.165, 1.54) is 13.0 Å². The Labute approximate surface area is 124 Å². The predicted octanol–water partition coefficient (Wildman–Crippen LogP) is 2.26. The fraction of sp³-hybridized carbons (Fsp3) is 0.400. The van der Waals surface area contributed by atoms with Gasteiger partial charge in [-0.2, -0.15) is 0 Å². The maximum atomic E-state index is 11.0. The van der Waals surface area contributed by atoms with Crippen LogP contribution in [0.15, 0.2) is 36.5 Å². The zero-order valence-corrected chi connectivity index (χ0v) is 12.7. The molecule has 21 heavy (non-hydrogen) atoms. The van der Waals surface area contributed by atoms with Crippen molar-refractivity contribution < 1.29 is 29.0 Å². The molecule has 0 aliphatic carbocycles. The minimum Gasteiger partial charge on any atom is -0.478 e. The number of carboxylic acid groups (broad SMARTS) is 1. The number of ether oxygens (including phenoxy) is 2. The molecule has 0 unspecified atom stereocenters. The summed E-state index contributed by atoms with van der Waals surface area (Å²) in [4.78, 5) is 31.5. The van der Waals surface area contributed by atoms with Crippen molar-refractivity contribution >= 4 is 17.9 Å². The summed E-state index contributed by atoms with van der Waals surface area (Å²) in [6.45, 7) is 12.3. The Kier molecular flexibility index (Phi) is 12.6. The smallest absolute Gasteiger partial charge is 0.333 e. The molecule has 0 radical (unpaired) electrons. The van der Waals surface area contributed by atoms with Crippen LogP contribution in [0.1, 0.15) is 27.2 Å². The number of carbonyl (C=O) groups excluding carboxylic acids is 2. The van der Waals surface area contributed by atoms with Crippen molar-refractivity contribution in [2.75, 3.05) is 13.2 Å². The molecule has 6 nitrogen and oxygen atoms in total. The Morgan fingerprint density at radius 3 is 2.00 bits per heavy atom. The van der Waals surface area contributed by atoms with Crippen molar-refractivity contribution in [3.8, 4) is 0 Å². The first-order chi connectivity index (χ1) is 9.79. The average Bonchev–Trinajstić information content (AvgIpc) is 2.45. The van der Waals surface area contributed by atoms with E-state index in [0.29, 0.717) is 13.2 Å². The Morgan fingerprint density at radius 1 is 1.14 bits per heavy atom. The van der Waals surface area contributed by atoms with Gasteiger partial charge in [0.2, 0.25) is 0 Å². The molecule has 0 aromatic heterocycles. The number of hydrogen-bond donors (Lipinski definition) is 1. The third kappa shape index (κ3) is 12.4. The van der Waals surface area contributed by atoms with Crippen LogP contribution in [0.4, 0.5) is 0 Å². The molecule has 0 atom stereocenters. The molecular formula is C15H22O6. The molecule has 0 bridgehead atoms. The minimum atomic E-state index is -0.998. The first-order valence-electron chi connectivity index (χ1n) is 6.34. The second-order valence-corrected chi connectivity index (χ2v) is 3.68. The third-order valence-corrected chi connectivity index (χ3v) is 2.01. The lowest BCUT2D eigenvalue weighted by Gasteiger charge is -2.02. The first kappa shape index (κ1) is 20.9. The highest BCUT2D eigenvalue weighted by atomic mass is 16.5. The molecule has 1 N–H and O–H groups in total. The van der Waals surface area contributed by atoms with Crippen molar-refractivity contribution in [3.05, 3.63) is 36.5 Å². The molecule has 0 amide bonds. The van der Waals surface area contributed by atoms with Crippen LogP contribution in [0.5, 0.6) is 0 Å². The second kappa shape index (κ2) is 12.7. The lowest BCUT2D eigenvalue weighted by Crippen LogP contribution is -2.06. The predicted molar refractivity (Wildman–Crippen MR) is 78.6 cm³/mol.